The highest BCUT2D eigenvalue weighted by molar-refractivity contribution is 7.99. The molecule has 0 aromatic heterocycles. The lowest BCUT2D eigenvalue weighted by Gasteiger charge is -2.34. The second-order valence-corrected chi connectivity index (χ2v) is 13.8. The number of phenolic OH excluding ortho intramolecular Hbond substituents is 1. The molecule has 3 atom stereocenters. The number of carboxylic acid groups (broad SMARTS) is 2. The van der Waals surface area contributed by atoms with E-state index in [4.69, 9.17) is 0 Å². The predicted molar refractivity (Wildman–Crippen MR) is 181 cm³/mol. The SMILES string of the molecule is CN1CCc2cc(NC(=C[N+](=O)[O-])Nc3ccc(O)cc3)ccc2C1C(=O)NC(CCSCC(NC(=O)CC(C)(C)C)C(=O)O)C(=O)O. The molecule has 0 aliphatic carbocycles. The Morgan fingerprint density at radius 2 is 1.65 bits per heavy atom. The molecule has 0 saturated heterocycles. The number of anilines is 2. The maximum atomic E-state index is 13.5. The number of carboxylic acids is 2. The van der Waals surface area contributed by atoms with Crippen molar-refractivity contribution < 1.29 is 39.4 Å². The number of hydrogen-bond donors (Lipinski definition) is 7. The Balaban J connectivity index is 1.65. The molecule has 0 fully saturated rings. The Morgan fingerprint density at radius 3 is 2.25 bits per heavy atom. The first-order chi connectivity index (χ1) is 22.5. The molecule has 1 heterocycles. The summed E-state index contributed by atoms with van der Waals surface area (Å²) in [6.07, 6.45) is 1.52. The standard InChI is InChI=1S/C32H42N6O9S/c1-32(2,3)16-27(40)35-25(31(44)45)18-48-14-12-24(30(42)43)36-29(41)28-23-10-7-21(15-19(23)11-13-37(28)4)34-26(17-38(46)47)33-20-5-8-22(39)9-6-20/h5-10,15,17,24-25,28,33-34,39H,11-14,16,18H2,1-4H3,(H,35,40)(H,36,41)(H,42,43)(H,44,45). The molecule has 48 heavy (non-hydrogen) atoms. The van der Waals surface area contributed by atoms with E-state index in [1.807, 2.05) is 20.8 Å². The number of aromatic hydroxyl groups is 1. The molecular formula is C32H42N6O9S. The van der Waals surface area contributed by atoms with E-state index in [0.29, 0.717) is 29.9 Å². The molecule has 3 unspecified atom stereocenters. The van der Waals surface area contributed by atoms with Crippen molar-refractivity contribution in [2.75, 3.05) is 35.7 Å². The van der Waals surface area contributed by atoms with Gasteiger partial charge in [-0.2, -0.15) is 11.8 Å². The molecule has 0 saturated carbocycles. The minimum atomic E-state index is -1.23. The van der Waals surface area contributed by atoms with Gasteiger partial charge in [-0.15, -0.1) is 0 Å². The summed E-state index contributed by atoms with van der Waals surface area (Å²) >= 11 is 1.17. The number of carbonyl (C=O) groups is 4. The van der Waals surface area contributed by atoms with Crippen LogP contribution in [0.3, 0.4) is 0 Å². The summed E-state index contributed by atoms with van der Waals surface area (Å²) in [5, 5.41) is 51.1. The highest BCUT2D eigenvalue weighted by Crippen LogP contribution is 2.31. The van der Waals surface area contributed by atoms with Crippen molar-refractivity contribution in [2.24, 2.45) is 5.41 Å². The number of nitro groups is 1. The van der Waals surface area contributed by atoms with E-state index in [0.717, 1.165) is 11.8 Å². The smallest absolute Gasteiger partial charge is 0.327 e. The largest absolute Gasteiger partial charge is 0.508 e. The molecule has 2 amide bonds. The van der Waals surface area contributed by atoms with Crippen LogP contribution < -0.4 is 21.3 Å². The van der Waals surface area contributed by atoms with Gasteiger partial charge in [0.25, 0.3) is 6.20 Å². The Hall–Kier alpha value is -4.83. The number of nitrogens with one attached hydrogen (secondary N) is 4. The van der Waals surface area contributed by atoms with Gasteiger partial charge >= 0.3 is 11.9 Å². The first-order valence-corrected chi connectivity index (χ1v) is 16.3. The Kier molecular flexibility index (Phi) is 13.2. The second-order valence-electron chi connectivity index (χ2n) is 12.6. The van der Waals surface area contributed by atoms with Crippen LogP contribution in [0.25, 0.3) is 0 Å². The van der Waals surface area contributed by atoms with Crippen molar-refractivity contribution in [3.05, 3.63) is 75.7 Å². The molecule has 0 spiro atoms. The zero-order chi connectivity index (χ0) is 35.6. The van der Waals surface area contributed by atoms with E-state index in [1.54, 1.807) is 42.3 Å². The number of amides is 2. The van der Waals surface area contributed by atoms with Crippen molar-refractivity contribution in [2.45, 2.75) is 58.2 Å². The number of nitrogens with zero attached hydrogens (tertiary/aromatic N) is 2. The fraction of sp³-hybridized carbons (Fsp3) is 0.438. The molecule has 3 rings (SSSR count). The van der Waals surface area contributed by atoms with Crippen LogP contribution >= 0.6 is 11.8 Å². The monoisotopic (exact) mass is 686 g/mol. The molecule has 0 radical (unpaired) electrons. The van der Waals surface area contributed by atoms with E-state index in [2.05, 4.69) is 21.3 Å². The number of rotatable bonds is 16. The molecule has 16 heteroatoms. The van der Waals surface area contributed by atoms with Crippen LogP contribution in [0.1, 0.15) is 50.8 Å². The second kappa shape index (κ2) is 16.8. The van der Waals surface area contributed by atoms with Gasteiger partial charge < -0.3 is 36.6 Å². The van der Waals surface area contributed by atoms with Crippen molar-refractivity contribution >= 4 is 46.9 Å². The lowest BCUT2D eigenvalue weighted by Crippen LogP contribution is -2.48. The highest BCUT2D eigenvalue weighted by atomic mass is 32.2. The Labute approximate surface area is 282 Å². The molecule has 0 bridgehead atoms. The molecule has 1 aliphatic rings. The maximum Gasteiger partial charge on any atom is 0.327 e. The summed E-state index contributed by atoms with van der Waals surface area (Å²) in [5.74, 6) is -2.96. The Morgan fingerprint density at radius 1 is 1.02 bits per heavy atom. The molecule has 2 aromatic rings. The van der Waals surface area contributed by atoms with Crippen LogP contribution in [-0.2, 0) is 25.6 Å². The average Bonchev–Trinajstić information content (AvgIpc) is 2.97. The van der Waals surface area contributed by atoms with Gasteiger partial charge in [0.2, 0.25) is 11.8 Å². The van der Waals surface area contributed by atoms with Crippen molar-refractivity contribution in [1.29, 1.82) is 0 Å². The zero-order valence-electron chi connectivity index (χ0n) is 27.2. The van der Waals surface area contributed by atoms with Crippen LogP contribution in [0.5, 0.6) is 5.75 Å². The summed E-state index contributed by atoms with van der Waals surface area (Å²) in [5.41, 5.74) is 2.17. The summed E-state index contributed by atoms with van der Waals surface area (Å²) < 4.78 is 0. The van der Waals surface area contributed by atoms with Gasteiger partial charge in [-0.05, 0) is 78.6 Å². The maximum absolute atomic E-state index is 13.5. The third-order valence-corrected chi connectivity index (χ3v) is 8.39. The molecule has 260 valence electrons. The third-order valence-electron chi connectivity index (χ3n) is 7.29. The van der Waals surface area contributed by atoms with Crippen molar-refractivity contribution in [3.8, 4) is 5.75 Å². The van der Waals surface area contributed by atoms with Crippen LogP contribution in [0.4, 0.5) is 11.4 Å². The molecule has 2 aromatic carbocycles. The van der Waals surface area contributed by atoms with E-state index < -0.39 is 40.9 Å². The van der Waals surface area contributed by atoms with Gasteiger partial charge in [-0.25, -0.2) is 9.59 Å². The van der Waals surface area contributed by atoms with Crippen molar-refractivity contribution in [1.82, 2.24) is 15.5 Å². The van der Waals surface area contributed by atoms with Crippen molar-refractivity contribution in [3.63, 3.8) is 0 Å². The van der Waals surface area contributed by atoms with Crippen LogP contribution in [-0.4, -0.2) is 86.1 Å². The lowest BCUT2D eigenvalue weighted by atomic mass is 9.91. The van der Waals surface area contributed by atoms with E-state index >= 15 is 0 Å². The van der Waals surface area contributed by atoms with Gasteiger partial charge in [-0.3, -0.25) is 24.6 Å². The lowest BCUT2D eigenvalue weighted by molar-refractivity contribution is -0.403. The normalized spacial score (nSPS) is 16.2. The highest BCUT2D eigenvalue weighted by Gasteiger charge is 2.33. The van der Waals surface area contributed by atoms with E-state index in [9.17, 15) is 44.6 Å². The number of benzene rings is 2. The first-order valence-electron chi connectivity index (χ1n) is 15.2. The van der Waals surface area contributed by atoms with Gasteiger partial charge in [-0.1, -0.05) is 26.8 Å². The number of hydrogen-bond acceptors (Lipinski definition) is 11. The number of likely N-dealkylation sites (N-methyl/N-ethyl adjacent to an activating group) is 1. The summed E-state index contributed by atoms with van der Waals surface area (Å²) in [7, 11) is 1.75. The zero-order valence-corrected chi connectivity index (χ0v) is 28.0. The number of fused-ring (bicyclic) bond motifs is 1. The first kappa shape index (κ1) is 37.6. The van der Waals surface area contributed by atoms with Crippen LogP contribution in [0.2, 0.25) is 0 Å². The van der Waals surface area contributed by atoms with Crippen LogP contribution in [0, 0.1) is 15.5 Å². The van der Waals surface area contributed by atoms with Crippen LogP contribution in [0.15, 0.2) is 54.5 Å². The minimum absolute atomic E-state index is 0.0275. The summed E-state index contributed by atoms with van der Waals surface area (Å²) in [4.78, 5) is 61.9. The van der Waals surface area contributed by atoms with Gasteiger partial charge in [0, 0.05) is 30.1 Å². The molecule has 7 N–H and O–H groups in total. The van der Waals surface area contributed by atoms with Gasteiger partial charge in [0.1, 0.15) is 23.9 Å². The van der Waals surface area contributed by atoms with E-state index in [1.165, 1.54) is 23.9 Å². The average molecular weight is 687 g/mol. The Bertz CT molecular complexity index is 1530. The molecule has 15 nitrogen and oxygen atoms in total. The van der Waals surface area contributed by atoms with E-state index in [-0.39, 0.29) is 47.2 Å². The van der Waals surface area contributed by atoms with Gasteiger partial charge in [0.15, 0.2) is 5.82 Å². The third kappa shape index (κ3) is 11.8. The summed E-state index contributed by atoms with van der Waals surface area (Å²) in [6.45, 7) is 6.09. The number of aliphatic carboxylic acids is 2. The fourth-order valence-corrected chi connectivity index (χ4v) is 6.07. The summed E-state index contributed by atoms with van der Waals surface area (Å²) in [6, 6.07) is 7.98. The predicted octanol–water partition coefficient (Wildman–Crippen LogP) is 3.22. The quantitative estimate of drug-likeness (QED) is 0.0584. The molecular weight excluding hydrogens is 644 g/mol. The molecule has 1 aliphatic heterocycles. The minimum Gasteiger partial charge on any atom is -0.508 e. The number of thioether (sulfide) groups is 1. The number of carbonyl (C=O) groups excluding carboxylic acids is 2. The fourth-order valence-electron chi connectivity index (χ4n) is 5.04. The number of phenols is 1. The van der Waals surface area contributed by atoms with Gasteiger partial charge in [0.05, 0.1) is 4.92 Å². The topological polar surface area (TPSA) is 223 Å².